The van der Waals surface area contributed by atoms with Crippen LogP contribution in [0.2, 0.25) is 25.7 Å². The van der Waals surface area contributed by atoms with Crippen molar-refractivity contribution in [1.82, 2.24) is 19.6 Å². The van der Waals surface area contributed by atoms with Gasteiger partial charge in [0, 0.05) is 26.9 Å². The third-order valence-corrected chi connectivity index (χ3v) is 6.48. The van der Waals surface area contributed by atoms with Crippen LogP contribution in [0.1, 0.15) is 26.3 Å². The van der Waals surface area contributed by atoms with Gasteiger partial charge in [-0.2, -0.15) is 15.5 Å². The van der Waals surface area contributed by atoms with Crippen LogP contribution in [0, 0.1) is 11.3 Å². The Morgan fingerprint density at radius 1 is 1.24 bits per heavy atom. The highest BCUT2D eigenvalue weighted by Gasteiger charge is 2.19. The summed E-state index contributed by atoms with van der Waals surface area (Å²) in [6.07, 6.45) is 1.78. The molecule has 2 aromatic rings. The second-order valence-corrected chi connectivity index (χ2v) is 16.1. The van der Waals surface area contributed by atoms with Gasteiger partial charge in [-0.05, 0) is 42.7 Å². The van der Waals surface area contributed by atoms with Crippen molar-refractivity contribution in [3.63, 3.8) is 0 Å². The lowest BCUT2D eigenvalue weighted by atomic mass is 10.2. The van der Waals surface area contributed by atoms with Gasteiger partial charge in [0.2, 0.25) is 0 Å². The summed E-state index contributed by atoms with van der Waals surface area (Å²) < 4.78 is 20.1. The number of carbonyl (C=O) groups is 1. The number of ether oxygens (including phenoxy) is 3. The molecule has 12 heteroatoms. The monoisotopic (exact) mass is 540 g/mol. The maximum atomic E-state index is 11.7. The van der Waals surface area contributed by atoms with E-state index in [9.17, 15) is 10.1 Å². The highest BCUT2D eigenvalue weighted by molar-refractivity contribution is 9.10. The molecular weight excluding hydrogens is 508 g/mol. The summed E-state index contributed by atoms with van der Waals surface area (Å²) in [4.78, 5) is 11.7. The number of rotatable bonds is 12. The van der Waals surface area contributed by atoms with E-state index in [0.29, 0.717) is 41.6 Å². The minimum atomic E-state index is -1.19. The van der Waals surface area contributed by atoms with Crippen LogP contribution in [-0.4, -0.2) is 59.0 Å². The number of anilines is 2. The first-order valence-corrected chi connectivity index (χ1v) is 15.2. The van der Waals surface area contributed by atoms with Crippen LogP contribution in [0.5, 0.6) is 0 Å². The number of esters is 1. The summed E-state index contributed by atoms with van der Waals surface area (Å²) in [5.74, 6) is 0.651. The molecule has 0 bridgehead atoms. The number of hydrogen-bond donors (Lipinski definition) is 1. The highest BCUT2D eigenvalue weighted by atomic mass is 79.9. The molecule has 2 rings (SSSR count). The van der Waals surface area contributed by atoms with E-state index in [1.54, 1.807) is 21.6 Å². The van der Waals surface area contributed by atoms with Gasteiger partial charge in [0.1, 0.15) is 35.2 Å². The molecule has 0 amide bonds. The zero-order valence-corrected chi connectivity index (χ0v) is 22.7. The molecule has 0 unspecified atom stereocenters. The summed E-state index contributed by atoms with van der Waals surface area (Å²) in [6.45, 7) is 13.8. The molecule has 182 valence electrons. The van der Waals surface area contributed by atoms with Crippen molar-refractivity contribution in [3.8, 4) is 6.07 Å². The third kappa shape index (κ3) is 9.67. The molecule has 0 saturated carbocycles. The van der Waals surface area contributed by atoms with Crippen molar-refractivity contribution < 1.29 is 19.0 Å². The van der Waals surface area contributed by atoms with E-state index >= 15 is 0 Å². The number of halogens is 1. The van der Waals surface area contributed by atoms with Crippen molar-refractivity contribution in [3.05, 3.63) is 22.4 Å². The van der Waals surface area contributed by atoms with E-state index in [2.05, 4.69) is 57.2 Å². The fraction of sp³-hybridized carbons (Fsp3) is 0.619. The zero-order valence-electron chi connectivity index (χ0n) is 20.1. The summed E-state index contributed by atoms with van der Waals surface area (Å²) >= 11 is 3.34. The fourth-order valence-corrected chi connectivity index (χ4v) is 3.86. The van der Waals surface area contributed by atoms with E-state index in [0.717, 1.165) is 6.04 Å². The van der Waals surface area contributed by atoms with E-state index < -0.39 is 19.6 Å². The molecule has 1 N–H and O–H groups in total. The minimum absolute atomic E-state index is 0.111. The number of nitrogens with zero attached hydrogens (tertiary/aromatic N) is 5. The third-order valence-electron chi connectivity index (χ3n) is 4.22. The van der Waals surface area contributed by atoms with Crippen molar-refractivity contribution >= 4 is 41.6 Å². The van der Waals surface area contributed by atoms with E-state index in [4.69, 9.17) is 14.2 Å². The van der Waals surface area contributed by atoms with E-state index in [1.165, 1.54) is 0 Å². The van der Waals surface area contributed by atoms with Gasteiger partial charge in [-0.25, -0.2) is 9.48 Å². The second-order valence-electron chi connectivity index (χ2n) is 9.70. The standard InChI is InChI=1S/C21H33BrN6O4Si/c1-21(2,3)32-18(29)14-30-10-9-27-8-7-17(25-27)24-20-16(13-23)19(22)26-28(20)15-31-11-12-33(4,5)6/h7-8H,9-12,14-15H2,1-6H3,(H,24,25). The van der Waals surface area contributed by atoms with Gasteiger partial charge in [-0.3, -0.25) is 4.68 Å². The lowest BCUT2D eigenvalue weighted by Gasteiger charge is -2.19. The molecule has 33 heavy (non-hydrogen) atoms. The normalized spacial score (nSPS) is 11.9. The average molecular weight is 542 g/mol. The summed E-state index contributed by atoms with van der Waals surface area (Å²) in [7, 11) is -1.19. The molecule has 0 fully saturated rings. The number of hydrogen-bond acceptors (Lipinski definition) is 8. The number of nitriles is 1. The SMILES string of the molecule is CC(C)(C)OC(=O)COCCn1ccc(Nc2c(C#N)c(Br)nn2COCC[Si](C)(C)C)n1. The number of aromatic nitrogens is 4. The van der Waals surface area contributed by atoms with Crippen LogP contribution in [0.3, 0.4) is 0 Å². The first kappa shape index (κ1) is 27.0. The topological polar surface area (TPSA) is 116 Å². The number of nitrogens with one attached hydrogen (secondary N) is 1. The average Bonchev–Trinajstić information content (AvgIpc) is 3.24. The van der Waals surface area contributed by atoms with Gasteiger partial charge in [-0.1, -0.05) is 19.6 Å². The van der Waals surface area contributed by atoms with Gasteiger partial charge < -0.3 is 19.5 Å². The minimum Gasteiger partial charge on any atom is -0.458 e. The molecule has 0 aliphatic heterocycles. The second kappa shape index (κ2) is 11.8. The quantitative estimate of drug-likeness (QED) is 0.242. The van der Waals surface area contributed by atoms with Gasteiger partial charge in [0.15, 0.2) is 11.6 Å². The van der Waals surface area contributed by atoms with Crippen LogP contribution in [0.4, 0.5) is 11.6 Å². The summed E-state index contributed by atoms with van der Waals surface area (Å²) in [5.41, 5.74) is -0.161. The van der Waals surface area contributed by atoms with Gasteiger partial charge in [0.05, 0.1) is 13.2 Å². The smallest absolute Gasteiger partial charge is 0.332 e. The Labute approximate surface area is 204 Å². The Kier molecular flexibility index (Phi) is 9.66. The molecule has 10 nitrogen and oxygen atoms in total. The van der Waals surface area contributed by atoms with E-state index in [-0.39, 0.29) is 13.3 Å². The molecule has 0 atom stereocenters. The van der Waals surface area contributed by atoms with Crippen LogP contribution in [0.25, 0.3) is 0 Å². The number of carbonyl (C=O) groups excluding carboxylic acids is 1. The largest absolute Gasteiger partial charge is 0.458 e. The van der Waals surface area contributed by atoms with Crippen LogP contribution >= 0.6 is 15.9 Å². The van der Waals surface area contributed by atoms with Gasteiger partial charge in [0.25, 0.3) is 0 Å². The van der Waals surface area contributed by atoms with Crippen LogP contribution < -0.4 is 5.32 Å². The Balaban J connectivity index is 1.91. The molecule has 0 aliphatic rings. The lowest BCUT2D eigenvalue weighted by molar-refractivity contribution is -0.160. The highest BCUT2D eigenvalue weighted by Crippen LogP contribution is 2.26. The maximum Gasteiger partial charge on any atom is 0.332 e. The van der Waals surface area contributed by atoms with Crippen molar-refractivity contribution in [2.45, 2.75) is 65.3 Å². The molecule has 2 heterocycles. The molecule has 0 saturated heterocycles. The Morgan fingerprint density at radius 3 is 2.61 bits per heavy atom. The van der Waals surface area contributed by atoms with E-state index in [1.807, 2.05) is 20.8 Å². The predicted molar refractivity (Wildman–Crippen MR) is 131 cm³/mol. The maximum absolute atomic E-state index is 11.7. The summed E-state index contributed by atoms with van der Waals surface area (Å²) in [5, 5.41) is 21.5. The molecule has 0 aliphatic carbocycles. The first-order chi connectivity index (χ1) is 15.4. The first-order valence-electron chi connectivity index (χ1n) is 10.7. The summed E-state index contributed by atoms with van der Waals surface area (Å²) in [6, 6.07) is 4.98. The van der Waals surface area contributed by atoms with Crippen LogP contribution in [-0.2, 0) is 32.3 Å². The van der Waals surface area contributed by atoms with Gasteiger partial charge >= 0.3 is 5.97 Å². The van der Waals surface area contributed by atoms with Crippen molar-refractivity contribution in [2.75, 3.05) is 25.1 Å². The van der Waals surface area contributed by atoms with Crippen LogP contribution in [0.15, 0.2) is 16.9 Å². The Hall–Kier alpha value is -2.20. The Morgan fingerprint density at radius 2 is 1.97 bits per heavy atom. The molecular formula is C21H33BrN6O4Si. The Bertz CT molecular complexity index is 971. The van der Waals surface area contributed by atoms with Gasteiger partial charge in [-0.15, -0.1) is 0 Å². The molecule has 2 aromatic heterocycles. The molecule has 0 radical (unpaired) electrons. The van der Waals surface area contributed by atoms with Crippen molar-refractivity contribution in [1.29, 1.82) is 5.26 Å². The van der Waals surface area contributed by atoms with Crippen molar-refractivity contribution in [2.24, 2.45) is 0 Å². The predicted octanol–water partition coefficient (Wildman–Crippen LogP) is 4.13. The zero-order chi connectivity index (χ0) is 24.6. The molecule has 0 aromatic carbocycles. The lowest BCUT2D eigenvalue weighted by Crippen LogP contribution is -2.27. The molecule has 0 spiro atoms. The fourth-order valence-electron chi connectivity index (χ4n) is 2.64.